The molecule has 5 heteroatoms. The Morgan fingerprint density at radius 3 is 2.85 bits per heavy atom. The van der Waals surface area contributed by atoms with E-state index in [2.05, 4.69) is 16.8 Å². The van der Waals surface area contributed by atoms with Crippen LogP contribution in [0.25, 0.3) is 0 Å². The Labute approximate surface area is 122 Å². The molecule has 1 aromatic heterocycles. The molecule has 0 aliphatic carbocycles. The molecule has 2 amide bonds. The van der Waals surface area contributed by atoms with Gasteiger partial charge in [0.05, 0.1) is 0 Å². The third kappa shape index (κ3) is 2.69. The highest BCUT2D eigenvalue weighted by molar-refractivity contribution is 7.10. The van der Waals surface area contributed by atoms with E-state index in [1.165, 1.54) is 10.4 Å². The number of amides is 2. The van der Waals surface area contributed by atoms with E-state index in [9.17, 15) is 4.79 Å². The van der Waals surface area contributed by atoms with Crippen molar-refractivity contribution in [2.45, 2.75) is 19.5 Å². The maximum Gasteiger partial charge on any atom is 0.322 e. The highest BCUT2D eigenvalue weighted by Gasteiger charge is 2.21. The van der Waals surface area contributed by atoms with E-state index in [0.717, 1.165) is 24.2 Å². The molecule has 0 saturated heterocycles. The summed E-state index contributed by atoms with van der Waals surface area (Å²) in [5.41, 5.74) is 8.70. The summed E-state index contributed by atoms with van der Waals surface area (Å²) in [6.07, 6.45) is 0.951. The number of rotatable bonds is 2. The van der Waals surface area contributed by atoms with E-state index in [-0.39, 0.29) is 6.03 Å². The standard InChI is InChI=1S/C15H17N3OS/c16-9-11-1-3-13(4-2-11)17-15(19)18-7-5-14-12(10-18)6-8-20-14/h1-4,6,8H,5,7,9-10,16H2,(H,17,19). The molecule has 0 atom stereocenters. The van der Waals surface area contributed by atoms with Crippen LogP contribution in [0.2, 0.25) is 0 Å². The summed E-state index contributed by atoms with van der Waals surface area (Å²) in [5, 5.41) is 5.03. The average molecular weight is 287 g/mol. The van der Waals surface area contributed by atoms with Crippen LogP contribution in [-0.4, -0.2) is 17.5 Å². The third-order valence-corrected chi connectivity index (χ3v) is 4.56. The second-order valence-corrected chi connectivity index (χ2v) is 5.87. The topological polar surface area (TPSA) is 58.4 Å². The van der Waals surface area contributed by atoms with Gasteiger partial charge in [0.1, 0.15) is 0 Å². The monoisotopic (exact) mass is 287 g/mol. The number of benzene rings is 1. The number of carbonyl (C=O) groups is 1. The van der Waals surface area contributed by atoms with E-state index in [4.69, 9.17) is 5.73 Å². The zero-order chi connectivity index (χ0) is 13.9. The van der Waals surface area contributed by atoms with Crippen LogP contribution in [0.1, 0.15) is 16.0 Å². The number of urea groups is 1. The number of hydrogen-bond donors (Lipinski definition) is 2. The SMILES string of the molecule is NCc1ccc(NC(=O)N2CCc3sccc3C2)cc1. The first kappa shape index (κ1) is 13.1. The van der Waals surface area contributed by atoms with Gasteiger partial charge in [0, 0.05) is 30.2 Å². The van der Waals surface area contributed by atoms with Crippen LogP contribution >= 0.6 is 11.3 Å². The van der Waals surface area contributed by atoms with Gasteiger partial charge in [-0.3, -0.25) is 0 Å². The molecular weight excluding hydrogens is 270 g/mol. The molecule has 1 aromatic carbocycles. The van der Waals surface area contributed by atoms with Crippen LogP contribution < -0.4 is 11.1 Å². The van der Waals surface area contributed by atoms with Gasteiger partial charge < -0.3 is 16.0 Å². The highest BCUT2D eigenvalue weighted by atomic mass is 32.1. The fraction of sp³-hybridized carbons (Fsp3) is 0.267. The normalized spacial score (nSPS) is 13.9. The second kappa shape index (κ2) is 5.64. The zero-order valence-corrected chi connectivity index (χ0v) is 12.0. The number of carbonyl (C=O) groups excluding carboxylic acids is 1. The van der Waals surface area contributed by atoms with Gasteiger partial charge in [-0.1, -0.05) is 12.1 Å². The Kier molecular flexibility index (Phi) is 3.71. The van der Waals surface area contributed by atoms with Gasteiger partial charge in [-0.05, 0) is 41.1 Å². The maximum atomic E-state index is 12.2. The van der Waals surface area contributed by atoms with Crippen LogP contribution in [0.3, 0.4) is 0 Å². The van der Waals surface area contributed by atoms with E-state index in [0.29, 0.717) is 13.1 Å². The van der Waals surface area contributed by atoms with E-state index >= 15 is 0 Å². The molecule has 0 saturated carbocycles. The third-order valence-electron chi connectivity index (χ3n) is 3.54. The molecule has 104 valence electrons. The predicted molar refractivity (Wildman–Crippen MR) is 81.8 cm³/mol. The van der Waals surface area contributed by atoms with Crippen molar-refractivity contribution < 1.29 is 4.79 Å². The molecular formula is C15H17N3OS. The van der Waals surface area contributed by atoms with Gasteiger partial charge in [0.2, 0.25) is 0 Å². The molecule has 3 N–H and O–H groups in total. The van der Waals surface area contributed by atoms with Crippen molar-refractivity contribution in [1.29, 1.82) is 0 Å². The Bertz CT molecular complexity index is 606. The minimum Gasteiger partial charge on any atom is -0.326 e. The number of nitrogens with zero attached hydrogens (tertiary/aromatic N) is 1. The molecule has 0 radical (unpaired) electrons. The number of hydrogen-bond acceptors (Lipinski definition) is 3. The molecule has 0 unspecified atom stereocenters. The van der Waals surface area contributed by atoms with Gasteiger partial charge in [-0.25, -0.2) is 4.79 Å². The van der Waals surface area contributed by atoms with Crippen LogP contribution in [0, 0.1) is 0 Å². The summed E-state index contributed by atoms with van der Waals surface area (Å²) in [5.74, 6) is 0. The molecule has 4 nitrogen and oxygen atoms in total. The molecule has 0 spiro atoms. The van der Waals surface area contributed by atoms with Crippen LogP contribution in [0.5, 0.6) is 0 Å². The lowest BCUT2D eigenvalue weighted by atomic mass is 10.1. The Hall–Kier alpha value is -1.85. The number of anilines is 1. The van der Waals surface area contributed by atoms with Crippen LogP contribution in [0.15, 0.2) is 35.7 Å². The van der Waals surface area contributed by atoms with E-state index in [1.54, 1.807) is 11.3 Å². The van der Waals surface area contributed by atoms with Crippen LogP contribution in [-0.2, 0) is 19.5 Å². The lowest BCUT2D eigenvalue weighted by Gasteiger charge is -2.27. The second-order valence-electron chi connectivity index (χ2n) is 4.87. The van der Waals surface area contributed by atoms with Crippen molar-refractivity contribution in [1.82, 2.24) is 4.90 Å². The Morgan fingerprint density at radius 1 is 1.30 bits per heavy atom. The molecule has 3 rings (SSSR count). The fourth-order valence-electron chi connectivity index (χ4n) is 2.35. The lowest BCUT2D eigenvalue weighted by Crippen LogP contribution is -2.38. The maximum absolute atomic E-state index is 12.2. The lowest BCUT2D eigenvalue weighted by molar-refractivity contribution is 0.207. The van der Waals surface area contributed by atoms with E-state index < -0.39 is 0 Å². The van der Waals surface area contributed by atoms with Gasteiger partial charge in [-0.15, -0.1) is 11.3 Å². The summed E-state index contributed by atoms with van der Waals surface area (Å²) in [6, 6.07) is 9.71. The number of thiophene rings is 1. The van der Waals surface area contributed by atoms with Gasteiger partial charge in [0.25, 0.3) is 0 Å². The first-order valence-electron chi connectivity index (χ1n) is 6.66. The molecule has 0 fully saturated rings. The molecule has 2 heterocycles. The number of fused-ring (bicyclic) bond motifs is 1. The quantitative estimate of drug-likeness (QED) is 0.892. The van der Waals surface area contributed by atoms with E-state index in [1.807, 2.05) is 29.2 Å². The number of nitrogens with one attached hydrogen (secondary N) is 1. The van der Waals surface area contributed by atoms with Crippen molar-refractivity contribution in [2.75, 3.05) is 11.9 Å². The Morgan fingerprint density at radius 2 is 2.10 bits per heavy atom. The summed E-state index contributed by atoms with van der Waals surface area (Å²) in [6.45, 7) is 1.99. The minimum absolute atomic E-state index is 0.0395. The van der Waals surface area contributed by atoms with Gasteiger partial charge in [-0.2, -0.15) is 0 Å². The highest BCUT2D eigenvalue weighted by Crippen LogP contribution is 2.24. The van der Waals surface area contributed by atoms with Gasteiger partial charge in [0.15, 0.2) is 0 Å². The smallest absolute Gasteiger partial charge is 0.322 e. The van der Waals surface area contributed by atoms with Crippen molar-refractivity contribution in [3.63, 3.8) is 0 Å². The van der Waals surface area contributed by atoms with Crippen molar-refractivity contribution in [2.24, 2.45) is 5.73 Å². The molecule has 2 aromatic rings. The van der Waals surface area contributed by atoms with Crippen LogP contribution in [0.4, 0.5) is 10.5 Å². The first-order valence-corrected chi connectivity index (χ1v) is 7.54. The molecule has 0 bridgehead atoms. The Balaban J connectivity index is 1.65. The largest absolute Gasteiger partial charge is 0.326 e. The van der Waals surface area contributed by atoms with Crippen molar-refractivity contribution >= 4 is 23.1 Å². The predicted octanol–water partition coefficient (Wildman–Crippen LogP) is 2.80. The molecule has 1 aliphatic rings. The minimum atomic E-state index is -0.0395. The summed E-state index contributed by atoms with van der Waals surface area (Å²) in [4.78, 5) is 15.5. The molecule has 20 heavy (non-hydrogen) atoms. The summed E-state index contributed by atoms with van der Waals surface area (Å²) in [7, 11) is 0. The summed E-state index contributed by atoms with van der Waals surface area (Å²) < 4.78 is 0. The molecule has 1 aliphatic heterocycles. The number of nitrogens with two attached hydrogens (primary N) is 1. The first-order chi connectivity index (χ1) is 9.76. The van der Waals surface area contributed by atoms with Crippen molar-refractivity contribution in [3.05, 3.63) is 51.7 Å². The fourth-order valence-corrected chi connectivity index (χ4v) is 3.24. The summed E-state index contributed by atoms with van der Waals surface area (Å²) >= 11 is 1.78. The van der Waals surface area contributed by atoms with Crippen molar-refractivity contribution in [3.8, 4) is 0 Å². The zero-order valence-electron chi connectivity index (χ0n) is 11.1. The average Bonchev–Trinajstić information content (AvgIpc) is 2.95. The van der Waals surface area contributed by atoms with Gasteiger partial charge >= 0.3 is 6.03 Å².